The lowest BCUT2D eigenvalue weighted by atomic mass is 9.73. The molecule has 280 valence electrons. The molecule has 0 spiro atoms. The molecule has 1 aromatic heterocycles. The van der Waals surface area contributed by atoms with E-state index in [2.05, 4.69) is 39.0 Å². The van der Waals surface area contributed by atoms with Gasteiger partial charge in [-0.15, -0.1) is 6.58 Å². The van der Waals surface area contributed by atoms with Gasteiger partial charge in [0.15, 0.2) is 5.11 Å². The van der Waals surface area contributed by atoms with Crippen LogP contribution in [0.25, 0.3) is 10.9 Å². The summed E-state index contributed by atoms with van der Waals surface area (Å²) in [5.74, 6) is 1.75. The summed E-state index contributed by atoms with van der Waals surface area (Å²) in [6, 6.07) is 30.2. The lowest BCUT2D eigenvalue weighted by molar-refractivity contribution is 0.00426. The van der Waals surface area contributed by atoms with Crippen LogP contribution in [0, 0.1) is 32.6 Å². The van der Waals surface area contributed by atoms with E-state index >= 15 is 0 Å². The molecule has 4 heterocycles. The van der Waals surface area contributed by atoms with Gasteiger partial charge in [0.1, 0.15) is 5.75 Å². The van der Waals surface area contributed by atoms with Crippen LogP contribution in [0.5, 0.6) is 5.75 Å². The molecule has 4 aromatic carbocycles. The van der Waals surface area contributed by atoms with E-state index in [4.69, 9.17) is 21.9 Å². The first-order chi connectivity index (χ1) is 26.1. The number of hydrogen-bond donors (Lipinski definition) is 3. The number of fused-ring (bicyclic) bond motifs is 4. The van der Waals surface area contributed by atoms with Gasteiger partial charge in [-0.05, 0) is 116 Å². The first-order valence-electron chi connectivity index (χ1n) is 18.6. The zero-order valence-electron chi connectivity index (χ0n) is 31.3. The molecule has 1 unspecified atom stereocenters. The van der Waals surface area contributed by atoms with Crippen LogP contribution in [-0.4, -0.2) is 49.7 Å². The number of sulfonamides is 1. The first-order valence-corrected chi connectivity index (χ1v) is 20.5. The molecule has 3 aliphatic rings. The van der Waals surface area contributed by atoms with Crippen LogP contribution in [0.15, 0.2) is 121 Å². The van der Waals surface area contributed by atoms with Gasteiger partial charge in [0.2, 0.25) is 10.0 Å². The highest BCUT2D eigenvalue weighted by Crippen LogP contribution is 2.43. The molecule has 8 rings (SSSR count). The number of aromatic nitrogens is 1. The Labute approximate surface area is 325 Å². The molecular weight excluding hydrogens is 711 g/mol. The van der Waals surface area contributed by atoms with E-state index in [1.807, 2.05) is 118 Å². The second kappa shape index (κ2) is 16.0. The van der Waals surface area contributed by atoms with E-state index in [0.29, 0.717) is 33.0 Å². The fourth-order valence-electron chi connectivity index (χ4n) is 8.80. The zero-order chi connectivity index (χ0) is 38.0. The van der Waals surface area contributed by atoms with Crippen molar-refractivity contribution in [3.05, 3.63) is 149 Å². The van der Waals surface area contributed by atoms with Crippen LogP contribution < -0.4 is 20.1 Å². The van der Waals surface area contributed by atoms with Crippen molar-refractivity contribution in [2.45, 2.75) is 62.7 Å². The Balaban J connectivity index is 1.28. The Kier molecular flexibility index (Phi) is 11.2. The summed E-state index contributed by atoms with van der Waals surface area (Å²) in [6.07, 6.45) is 6.11. The summed E-state index contributed by atoms with van der Waals surface area (Å²) in [4.78, 5) is 7.56. The topological polar surface area (TPSA) is 95.6 Å². The van der Waals surface area contributed by atoms with Gasteiger partial charge < -0.3 is 15.4 Å². The molecule has 3 N–H and O–H groups in total. The number of thiocarbonyl (C=S) groups is 1. The molecule has 0 saturated carbocycles. The average molecular weight is 760 g/mol. The third kappa shape index (κ3) is 7.79. The SMILES string of the molecule is C=C[C@H]1CN2CC[C@H]1C[C@H]2[C@@H](NC(=S)N[C@@H](c1ccccc1)[C@@H](NS(=O)(=O)c1c(C)cc(C)cc1C)c1ccccc1)c1ccnc2ccc(OC)cc12. The monoisotopic (exact) mass is 759 g/mol. The van der Waals surface area contributed by atoms with Gasteiger partial charge >= 0.3 is 0 Å². The second-order valence-corrected chi connectivity index (χ2v) is 16.8. The number of hydrogen-bond acceptors (Lipinski definition) is 6. The van der Waals surface area contributed by atoms with Crippen LogP contribution in [0.4, 0.5) is 0 Å². The maximum atomic E-state index is 14.4. The summed E-state index contributed by atoms with van der Waals surface area (Å²) in [7, 11) is -2.31. The lowest BCUT2D eigenvalue weighted by Gasteiger charge is -2.52. The predicted molar refractivity (Wildman–Crippen MR) is 221 cm³/mol. The number of aryl methyl sites for hydroxylation is 3. The molecule has 54 heavy (non-hydrogen) atoms. The Hall–Kier alpha value is -4.61. The van der Waals surface area contributed by atoms with Crippen molar-refractivity contribution >= 4 is 38.3 Å². The zero-order valence-corrected chi connectivity index (χ0v) is 33.0. The van der Waals surface area contributed by atoms with Crippen molar-refractivity contribution in [3.8, 4) is 5.75 Å². The van der Waals surface area contributed by atoms with Crippen LogP contribution in [-0.2, 0) is 10.0 Å². The van der Waals surface area contributed by atoms with Gasteiger partial charge in [0.25, 0.3) is 0 Å². The highest BCUT2D eigenvalue weighted by atomic mass is 32.2. The van der Waals surface area contributed by atoms with Gasteiger partial charge in [-0.3, -0.25) is 9.88 Å². The third-order valence-corrected chi connectivity index (χ3v) is 13.2. The molecule has 3 fully saturated rings. The van der Waals surface area contributed by atoms with Crippen molar-refractivity contribution in [3.63, 3.8) is 0 Å². The Morgan fingerprint density at radius 1 is 0.926 bits per heavy atom. The molecule has 2 bridgehead atoms. The van der Waals surface area contributed by atoms with Crippen molar-refractivity contribution in [1.82, 2.24) is 25.2 Å². The van der Waals surface area contributed by atoms with E-state index in [0.717, 1.165) is 64.8 Å². The van der Waals surface area contributed by atoms with Gasteiger partial charge in [0, 0.05) is 24.2 Å². The maximum absolute atomic E-state index is 14.4. The molecule has 7 atom stereocenters. The van der Waals surface area contributed by atoms with Gasteiger partial charge in [-0.2, -0.15) is 0 Å². The second-order valence-electron chi connectivity index (χ2n) is 14.8. The van der Waals surface area contributed by atoms with E-state index in [1.54, 1.807) is 7.11 Å². The smallest absolute Gasteiger partial charge is 0.241 e. The van der Waals surface area contributed by atoms with E-state index in [1.165, 1.54) is 0 Å². The highest BCUT2D eigenvalue weighted by molar-refractivity contribution is 7.89. The fraction of sp³-hybridized carbons (Fsp3) is 0.318. The van der Waals surface area contributed by atoms with Crippen molar-refractivity contribution < 1.29 is 13.2 Å². The molecule has 3 aliphatic heterocycles. The summed E-state index contributed by atoms with van der Waals surface area (Å²) < 4.78 is 37.7. The van der Waals surface area contributed by atoms with Crippen molar-refractivity contribution in [2.24, 2.45) is 11.8 Å². The number of rotatable bonds is 12. The number of nitrogens with one attached hydrogen (secondary N) is 3. The number of ether oxygens (including phenoxy) is 1. The summed E-state index contributed by atoms with van der Waals surface area (Å²) >= 11 is 6.26. The van der Waals surface area contributed by atoms with E-state index < -0.39 is 22.1 Å². The maximum Gasteiger partial charge on any atom is 0.241 e. The largest absolute Gasteiger partial charge is 0.497 e. The summed E-state index contributed by atoms with van der Waals surface area (Å²) in [5, 5.41) is 8.84. The molecule has 8 nitrogen and oxygen atoms in total. The molecule has 10 heteroatoms. The van der Waals surface area contributed by atoms with Crippen LogP contribution in [0.1, 0.15) is 64.3 Å². The van der Waals surface area contributed by atoms with Crippen LogP contribution in [0.2, 0.25) is 0 Å². The lowest BCUT2D eigenvalue weighted by Crippen LogP contribution is -2.58. The quantitative estimate of drug-likeness (QED) is 0.0870. The number of methoxy groups -OCH3 is 1. The molecule has 0 amide bonds. The van der Waals surface area contributed by atoms with Gasteiger partial charge in [-0.1, -0.05) is 84.4 Å². The van der Waals surface area contributed by atoms with Crippen LogP contribution in [0.3, 0.4) is 0 Å². The molecular formula is C44H49N5O3S2. The molecule has 0 aliphatic carbocycles. The van der Waals surface area contributed by atoms with Gasteiger partial charge in [-0.25, -0.2) is 13.1 Å². The number of piperidine rings is 3. The molecule has 3 saturated heterocycles. The predicted octanol–water partition coefficient (Wildman–Crippen LogP) is 8.03. The molecule has 0 radical (unpaired) electrons. The minimum atomic E-state index is -3.99. The first kappa shape index (κ1) is 37.7. The van der Waals surface area contributed by atoms with Crippen LogP contribution >= 0.6 is 12.2 Å². The standard InChI is InChI=1S/C44H49N5O3S2/c1-6-31-27-49-22-20-34(31)25-39(49)42(36-19-21-45-38-18-17-35(52-5)26-37(36)38)47-44(53)46-40(32-13-9-7-10-14-32)41(33-15-11-8-12-16-33)48-54(50,51)43-29(3)23-28(2)24-30(43)4/h6-19,21,23-24,26,31,34,39-42,48H,1,20,22,25,27H2,2-5H3,(H2,46,47,53)/t31-,34-,39-,40-,41-,42-/m0/s1. The Morgan fingerprint density at radius 2 is 1.59 bits per heavy atom. The summed E-state index contributed by atoms with van der Waals surface area (Å²) in [6.45, 7) is 11.8. The van der Waals surface area contributed by atoms with Crippen molar-refractivity contribution in [2.75, 3.05) is 20.2 Å². The average Bonchev–Trinajstić information content (AvgIpc) is 3.18. The highest BCUT2D eigenvalue weighted by Gasteiger charge is 2.43. The van der Waals surface area contributed by atoms with E-state index in [-0.39, 0.29) is 12.1 Å². The normalized spacial score (nSPS) is 21.2. The Bertz CT molecular complexity index is 2230. The van der Waals surface area contributed by atoms with Crippen molar-refractivity contribution in [1.29, 1.82) is 0 Å². The number of nitrogens with zero attached hydrogens (tertiary/aromatic N) is 2. The number of pyridine rings is 1. The minimum Gasteiger partial charge on any atom is -0.497 e. The van der Waals surface area contributed by atoms with Gasteiger partial charge in [0.05, 0.1) is 35.6 Å². The Morgan fingerprint density at radius 3 is 2.20 bits per heavy atom. The molecule has 5 aromatic rings. The summed E-state index contributed by atoms with van der Waals surface area (Å²) in [5.41, 5.74) is 6.07. The fourth-order valence-corrected chi connectivity index (χ4v) is 10.7. The third-order valence-electron chi connectivity index (χ3n) is 11.2. The minimum absolute atomic E-state index is 0.155. The van der Waals surface area contributed by atoms with E-state index in [9.17, 15) is 8.42 Å². The number of benzene rings is 4.